The topological polar surface area (TPSA) is 178 Å². The van der Waals surface area contributed by atoms with Crippen LogP contribution in [0.2, 0.25) is 0 Å². The van der Waals surface area contributed by atoms with Gasteiger partial charge in [-0.3, -0.25) is 24.1 Å². The Hall–Kier alpha value is -4.13. The predicted molar refractivity (Wildman–Crippen MR) is 177 cm³/mol. The fourth-order valence-electron chi connectivity index (χ4n) is 5.72. The van der Waals surface area contributed by atoms with Gasteiger partial charge in [-0.05, 0) is 51.5 Å². The quantitative estimate of drug-likeness (QED) is 0.106. The standard InChI is InChI=1S/C36H48N2O10/c1-22-14-13-18-27-32(42)28(21-30(40)33(27)43)38-31(41)20-26(46-4)17-11-6-5-7-12-19-29(39)23(2)34(22)47-48-36(45)24(3)37-35(44)25-15-9-8-10-16-25/h5-7,11-12,14,17,21,23-26,29,34,39,42H,8-10,13,15-16,18-20H2,1-4H3,(H,37,44)(H,38,41)/b6-5-,12-7-,17-11-,22-14-. The molecule has 0 aromatic rings. The molecule has 5 unspecified atom stereocenters. The van der Waals surface area contributed by atoms with E-state index in [1.54, 1.807) is 56.4 Å². The SMILES string of the molecule is COC1\C=C/C=C\C=C/CC(O)C(C)C(OOC(=O)C(C)NC(=O)C2CCCCC2)/C(C)=C\CCC2=C(O)C(=CC(=O)C2=O)NC(=O)C1. The number of amides is 2. The van der Waals surface area contributed by atoms with E-state index in [-0.39, 0.29) is 48.8 Å². The Morgan fingerprint density at radius 3 is 2.48 bits per heavy atom. The molecule has 0 radical (unpaired) electrons. The molecule has 48 heavy (non-hydrogen) atoms. The van der Waals surface area contributed by atoms with Gasteiger partial charge in [-0.1, -0.05) is 68.7 Å². The Morgan fingerprint density at radius 1 is 1.06 bits per heavy atom. The van der Waals surface area contributed by atoms with Crippen molar-refractivity contribution in [2.75, 3.05) is 7.11 Å². The maximum Gasteiger partial charge on any atom is 0.364 e. The van der Waals surface area contributed by atoms with Gasteiger partial charge in [0.05, 0.1) is 24.3 Å². The molecule has 0 spiro atoms. The number of ether oxygens (including phenoxy) is 1. The van der Waals surface area contributed by atoms with Gasteiger partial charge >= 0.3 is 5.97 Å². The third-order valence-corrected chi connectivity index (χ3v) is 8.77. The summed E-state index contributed by atoms with van der Waals surface area (Å²) in [5, 5.41) is 27.1. The highest BCUT2D eigenvalue weighted by Crippen LogP contribution is 2.27. The zero-order valence-corrected chi connectivity index (χ0v) is 28.1. The van der Waals surface area contributed by atoms with Gasteiger partial charge in [0.25, 0.3) is 0 Å². The van der Waals surface area contributed by atoms with Crippen LogP contribution in [0.4, 0.5) is 0 Å². The third kappa shape index (κ3) is 11.2. The van der Waals surface area contributed by atoms with Crippen molar-refractivity contribution >= 4 is 29.4 Å². The van der Waals surface area contributed by atoms with Crippen molar-refractivity contribution in [2.45, 2.75) is 103 Å². The number of ketones is 2. The van der Waals surface area contributed by atoms with Gasteiger partial charge in [0.1, 0.15) is 17.9 Å². The minimum atomic E-state index is -0.962. The number of fused-ring (bicyclic) bond motifs is 1. The Morgan fingerprint density at radius 2 is 1.77 bits per heavy atom. The van der Waals surface area contributed by atoms with Crippen LogP contribution in [0.5, 0.6) is 0 Å². The Balaban J connectivity index is 1.82. The van der Waals surface area contributed by atoms with Gasteiger partial charge < -0.3 is 25.6 Å². The van der Waals surface area contributed by atoms with Gasteiger partial charge in [0.15, 0.2) is 0 Å². The van der Waals surface area contributed by atoms with Crippen molar-refractivity contribution in [3.05, 3.63) is 71.2 Å². The van der Waals surface area contributed by atoms with Crippen molar-refractivity contribution in [2.24, 2.45) is 11.8 Å². The fraction of sp³-hybridized carbons (Fsp3) is 0.528. The molecular weight excluding hydrogens is 620 g/mol. The molecule has 5 atom stereocenters. The normalized spacial score (nSPS) is 29.2. The smallest absolute Gasteiger partial charge is 0.364 e. The van der Waals surface area contributed by atoms with Gasteiger partial charge in [0, 0.05) is 30.6 Å². The fourth-order valence-corrected chi connectivity index (χ4v) is 5.72. The van der Waals surface area contributed by atoms with Crippen molar-refractivity contribution in [3.63, 3.8) is 0 Å². The van der Waals surface area contributed by atoms with Crippen molar-refractivity contribution < 1.29 is 48.7 Å². The number of aliphatic hydroxyl groups is 2. The van der Waals surface area contributed by atoms with Crippen molar-refractivity contribution in [1.82, 2.24) is 10.6 Å². The van der Waals surface area contributed by atoms with E-state index in [1.165, 1.54) is 14.0 Å². The number of hydrogen-bond acceptors (Lipinski definition) is 10. The molecule has 0 saturated heterocycles. The lowest BCUT2D eigenvalue weighted by molar-refractivity contribution is -0.302. The molecule has 2 bridgehead atoms. The Bertz CT molecular complexity index is 1380. The highest BCUT2D eigenvalue weighted by molar-refractivity contribution is 6.48. The Kier molecular flexibility index (Phi) is 15.2. The zero-order valence-electron chi connectivity index (χ0n) is 28.1. The number of rotatable bonds is 6. The van der Waals surface area contributed by atoms with Crippen molar-refractivity contribution in [1.29, 1.82) is 0 Å². The monoisotopic (exact) mass is 668 g/mol. The highest BCUT2D eigenvalue weighted by atomic mass is 17.2. The molecule has 2 amide bonds. The summed E-state index contributed by atoms with van der Waals surface area (Å²) < 4.78 is 5.34. The zero-order chi connectivity index (χ0) is 35.2. The molecular formula is C36H48N2O10. The highest BCUT2D eigenvalue weighted by Gasteiger charge is 2.32. The summed E-state index contributed by atoms with van der Waals surface area (Å²) in [5.41, 5.74) is 0.216. The molecule has 2 aliphatic carbocycles. The summed E-state index contributed by atoms with van der Waals surface area (Å²) in [4.78, 5) is 74.1. The van der Waals surface area contributed by atoms with Crippen LogP contribution in [0, 0.1) is 11.8 Å². The van der Waals surface area contributed by atoms with Crippen LogP contribution in [0.25, 0.3) is 0 Å². The van der Waals surface area contributed by atoms with Gasteiger partial charge in [-0.25, -0.2) is 4.79 Å². The van der Waals surface area contributed by atoms with Crippen LogP contribution in [0.15, 0.2) is 71.2 Å². The van der Waals surface area contributed by atoms with Crippen LogP contribution in [-0.2, 0) is 38.5 Å². The van der Waals surface area contributed by atoms with E-state index < -0.39 is 59.5 Å². The first-order chi connectivity index (χ1) is 22.9. The predicted octanol–water partition coefficient (Wildman–Crippen LogP) is 4.08. The minimum absolute atomic E-state index is 0.0491. The summed E-state index contributed by atoms with van der Waals surface area (Å²) in [7, 11) is 1.44. The maximum absolute atomic E-state index is 12.8. The van der Waals surface area contributed by atoms with Crippen LogP contribution in [0.3, 0.4) is 0 Å². The lowest BCUT2D eigenvalue weighted by atomic mass is 9.88. The summed E-state index contributed by atoms with van der Waals surface area (Å²) >= 11 is 0. The van der Waals surface area contributed by atoms with Crippen LogP contribution in [-0.4, -0.2) is 71.0 Å². The first kappa shape index (κ1) is 38.3. The summed E-state index contributed by atoms with van der Waals surface area (Å²) in [6.45, 7) is 4.95. The number of carbonyl (C=O) groups excluding carboxylic acids is 5. The van der Waals surface area contributed by atoms with Crippen molar-refractivity contribution in [3.8, 4) is 0 Å². The van der Waals surface area contributed by atoms with Crippen LogP contribution in [0.1, 0.15) is 78.6 Å². The van der Waals surface area contributed by atoms with E-state index >= 15 is 0 Å². The van der Waals surface area contributed by atoms with E-state index in [1.807, 2.05) is 0 Å². The van der Waals surface area contributed by atoms with Crippen LogP contribution < -0.4 is 10.6 Å². The first-order valence-corrected chi connectivity index (χ1v) is 16.5. The van der Waals surface area contributed by atoms with Gasteiger partial charge in [0.2, 0.25) is 23.4 Å². The number of hydrogen-bond donors (Lipinski definition) is 4. The molecule has 262 valence electrons. The van der Waals surface area contributed by atoms with E-state index in [9.17, 15) is 34.2 Å². The molecule has 12 heteroatoms. The van der Waals surface area contributed by atoms with Crippen LogP contribution >= 0.6 is 0 Å². The molecule has 3 rings (SSSR count). The Labute approximate surface area is 281 Å². The second-order valence-corrected chi connectivity index (χ2v) is 12.4. The minimum Gasteiger partial charge on any atom is -0.505 e. The lowest BCUT2D eigenvalue weighted by Crippen LogP contribution is -2.43. The summed E-state index contributed by atoms with van der Waals surface area (Å²) in [6, 6.07) is -0.962. The van der Waals surface area contributed by atoms with Gasteiger partial charge in [-0.2, -0.15) is 4.89 Å². The molecule has 1 heterocycles. The third-order valence-electron chi connectivity index (χ3n) is 8.77. The molecule has 1 fully saturated rings. The van der Waals surface area contributed by atoms with E-state index in [0.29, 0.717) is 5.57 Å². The molecule has 12 nitrogen and oxygen atoms in total. The molecule has 0 aromatic heterocycles. The average molecular weight is 669 g/mol. The molecule has 0 aromatic carbocycles. The van der Waals surface area contributed by atoms with Gasteiger partial charge in [-0.15, -0.1) is 0 Å². The largest absolute Gasteiger partial charge is 0.505 e. The van der Waals surface area contributed by atoms with E-state index in [2.05, 4.69) is 10.6 Å². The molecule has 3 aliphatic rings. The average Bonchev–Trinajstić information content (AvgIpc) is 3.07. The number of nitrogens with one attached hydrogen (secondary N) is 2. The number of methoxy groups -OCH3 is 1. The summed E-state index contributed by atoms with van der Waals surface area (Å²) in [6.07, 6.45) is 15.3. The van der Waals surface area contributed by atoms with E-state index in [4.69, 9.17) is 14.5 Å². The number of aliphatic hydroxyl groups excluding tert-OH is 2. The maximum atomic E-state index is 12.8. The second kappa shape index (κ2) is 19.0. The molecule has 4 N–H and O–H groups in total. The lowest BCUT2D eigenvalue weighted by Gasteiger charge is -2.28. The number of allylic oxidation sites excluding steroid dienone is 7. The number of Topliss-reactive ketones (excluding diaryl/α,β-unsaturated/α-hetero) is 1. The molecule has 1 saturated carbocycles. The molecule has 1 aliphatic heterocycles. The van der Waals surface area contributed by atoms with E-state index in [0.717, 1.165) is 38.2 Å². The summed E-state index contributed by atoms with van der Waals surface area (Å²) in [5.74, 6) is -4.52. The second-order valence-electron chi connectivity index (χ2n) is 12.4. The first-order valence-electron chi connectivity index (χ1n) is 16.5. The number of carbonyl (C=O) groups is 5.